The zero-order valence-electron chi connectivity index (χ0n) is 19.2. The van der Waals surface area contributed by atoms with E-state index in [9.17, 15) is 20.2 Å². The first-order chi connectivity index (χ1) is 16.2. The third-order valence-corrected chi connectivity index (χ3v) is 5.18. The Morgan fingerprint density at radius 1 is 1.21 bits per heavy atom. The van der Waals surface area contributed by atoms with Gasteiger partial charge in [0.2, 0.25) is 0 Å². The second-order valence-electron chi connectivity index (χ2n) is 7.53. The molecule has 0 bridgehead atoms. The molecule has 0 spiro atoms. The summed E-state index contributed by atoms with van der Waals surface area (Å²) < 4.78 is 30.5. The van der Waals surface area contributed by atoms with Gasteiger partial charge in [-0.15, -0.1) is 0 Å². The summed E-state index contributed by atoms with van der Waals surface area (Å²) in [5, 5.41) is 14.6. The fraction of sp³-hybridized carbons (Fsp3) is 0.391. The molecule has 10 nitrogen and oxygen atoms in total. The molecule has 0 amide bonds. The molecule has 0 aromatic heterocycles. The summed E-state index contributed by atoms with van der Waals surface area (Å²) in [5.41, 5.74) is 8.25. The van der Waals surface area contributed by atoms with Gasteiger partial charge >= 0.3 is 11.9 Å². The number of esters is 2. The molecule has 0 saturated carbocycles. The highest BCUT2D eigenvalue weighted by molar-refractivity contribution is 5.89. The van der Waals surface area contributed by atoms with E-state index in [0.717, 1.165) is 12.5 Å². The SMILES string of the molecule is [2H]C1(O)O[C@H](COC(=O)c2ccccc2)[C@H](OC(C)=O)[C@H](N=[N+]=[N-])[C@@]1(C)OCc1ccccc1. The average molecular weight is 456 g/mol. The van der Waals surface area contributed by atoms with E-state index < -0.39 is 48.7 Å². The van der Waals surface area contributed by atoms with Gasteiger partial charge in [-0.1, -0.05) is 53.6 Å². The normalized spacial score (nSPS) is 29.3. The van der Waals surface area contributed by atoms with Gasteiger partial charge in [0.15, 0.2) is 6.27 Å². The standard InChI is InChI=1S/C23H25N3O7/c1-15(27)32-19-18(14-30-21(28)17-11-7-4-8-12-17)33-22(29)23(2,20(19)25-26-24)31-13-16-9-5-3-6-10-16/h3-12,18-20,22,29H,13-14H2,1-2H3/t18-,19+,20+,22?,23-/m1/s1/i22D. The largest absolute Gasteiger partial charge is 0.459 e. The van der Waals surface area contributed by atoms with Crippen LogP contribution < -0.4 is 0 Å². The maximum Gasteiger partial charge on any atom is 0.338 e. The van der Waals surface area contributed by atoms with Gasteiger partial charge in [0.1, 0.15) is 30.5 Å². The van der Waals surface area contributed by atoms with Crippen molar-refractivity contribution in [3.05, 3.63) is 82.2 Å². The van der Waals surface area contributed by atoms with Crippen molar-refractivity contribution >= 4 is 11.9 Å². The highest BCUT2D eigenvalue weighted by atomic mass is 16.7. The molecule has 1 saturated heterocycles. The Morgan fingerprint density at radius 2 is 1.85 bits per heavy atom. The van der Waals surface area contributed by atoms with Crippen LogP contribution in [0, 0.1) is 0 Å². The number of nitrogens with zero attached hydrogens (tertiary/aromatic N) is 3. The Hall–Kier alpha value is -3.43. The van der Waals surface area contributed by atoms with Crippen LogP contribution in [0.3, 0.4) is 0 Å². The third-order valence-electron chi connectivity index (χ3n) is 5.18. The lowest BCUT2D eigenvalue weighted by atomic mass is 9.85. The number of carbonyl (C=O) groups excluding carboxylic acids is 2. The van der Waals surface area contributed by atoms with E-state index in [1.165, 1.54) is 6.92 Å². The Morgan fingerprint density at radius 3 is 2.45 bits per heavy atom. The Balaban J connectivity index is 1.88. The first kappa shape index (κ1) is 22.8. The predicted octanol–water partition coefficient (Wildman–Crippen LogP) is 3.15. The summed E-state index contributed by atoms with van der Waals surface area (Å²) in [6.45, 7) is 1.92. The van der Waals surface area contributed by atoms with E-state index in [0.29, 0.717) is 0 Å². The number of rotatable bonds is 8. The van der Waals surface area contributed by atoms with Crippen molar-refractivity contribution in [3.63, 3.8) is 0 Å². The highest BCUT2D eigenvalue weighted by Crippen LogP contribution is 2.36. The minimum atomic E-state index is -2.75. The summed E-state index contributed by atoms with van der Waals surface area (Å²) >= 11 is 0. The molecule has 1 N–H and O–H groups in total. The van der Waals surface area contributed by atoms with Gasteiger partial charge < -0.3 is 24.1 Å². The Kier molecular flexibility index (Phi) is 7.54. The van der Waals surface area contributed by atoms with Gasteiger partial charge in [0.25, 0.3) is 0 Å². The van der Waals surface area contributed by atoms with Crippen LogP contribution in [0.15, 0.2) is 65.8 Å². The fourth-order valence-electron chi connectivity index (χ4n) is 3.43. The van der Waals surface area contributed by atoms with Gasteiger partial charge in [-0.3, -0.25) is 4.79 Å². The Labute approximate surface area is 192 Å². The second-order valence-corrected chi connectivity index (χ2v) is 7.53. The summed E-state index contributed by atoms with van der Waals surface area (Å²) in [4.78, 5) is 27.0. The number of hydrogen-bond donors (Lipinski definition) is 1. The predicted molar refractivity (Wildman–Crippen MR) is 116 cm³/mol. The first-order valence-electron chi connectivity index (χ1n) is 10.7. The quantitative estimate of drug-likeness (QED) is 0.278. The molecule has 33 heavy (non-hydrogen) atoms. The maximum atomic E-state index is 12.4. The van der Waals surface area contributed by atoms with Gasteiger partial charge in [0, 0.05) is 11.8 Å². The van der Waals surface area contributed by atoms with Gasteiger partial charge in [0.05, 0.1) is 13.5 Å². The van der Waals surface area contributed by atoms with E-state index in [1.807, 2.05) is 6.07 Å². The summed E-state index contributed by atoms with van der Waals surface area (Å²) in [7, 11) is 0. The van der Waals surface area contributed by atoms with Crippen LogP contribution in [0.1, 0.15) is 31.1 Å². The van der Waals surface area contributed by atoms with Gasteiger partial charge in [-0.2, -0.15) is 0 Å². The van der Waals surface area contributed by atoms with Gasteiger partial charge in [-0.25, -0.2) is 4.79 Å². The number of azide groups is 1. The number of ether oxygens (including phenoxy) is 4. The van der Waals surface area contributed by atoms with Crippen LogP contribution >= 0.6 is 0 Å². The van der Waals surface area contributed by atoms with Crippen molar-refractivity contribution in [2.24, 2.45) is 5.11 Å². The van der Waals surface area contributed by atoms with Crippen LogP contribution in [-0.4, -0.2) is 53.8 Å². The molecule has 2 aromatic carbocycles. The van der Waals surface area contributed by atoms with Crippen molar-refractivity contribution in [3.8, 4) is 0 Å². The highest BCUT2D eigenvalue weighted by Gasteiger charge is 2.56. The maximum absolute atomic E-state index is 12.4. The number of carbonyl (C=O) groups is 2. The molecule has 174 valence electrons. The number of hydrogen-bond acceptors (Lipinski definition) is 8. The molecule has 0 aliphatic carbocycles. The molecule has 1 aliphatic rings. The number of benzene rings is 2. The van der Waals surface area contributed by atoms with Crippen LogP contribution in [0.4, 0.5) is 0 Å². The molecule has 1 fully saturated rings. The van der Waals surface area contributed by atoms with Crippen LogP contribution in [0.5, 0.6) is 0 Å². The monoisotopic (exact) mass is 456 g/mol. The molecule has 1 aliphatic heterocycles. The fourth-order valence-corrected chi connectivity index (χ4v) is 3.43. The molecule has 5 atom stereocenters. The molecule has 10 heteroatoms. The van der Waals surface area contributed by atoms with Crippen LogP contribution in [-0.2, 0) is 30.3 Å². The van der Waals surface area contributed by atoms with E-state index in [-0.39, 0.29) is 12.2 Å². The molecule has 2 aromatic rings. The molecule has 1 heterocycles. The molecular formula is C23H25N3O7. The molecule has 0 radical (unpaired) electrons. The van der Waals surface area contributed by atoms with E-state index in [2.05, 4.69) is 10.0 Å². The average Bonchev–Trinajstić information content (AvgIpc) is 2.82. The zero-order valence-corrected chi connectivity index (χ0v) is 18.2. The minimum absolute atomic E-state index is 0.0558. The molecular weight excluding hydrogens is 430 g/mol. The van der Waals surface area contributed by atoms with Crippen molar-refractivity contribution in [2.75, 3.05) is 6.61 Å². The molecule has 3 rings (SSSR count). The van der Waals surface area contributed by atoms with Crippen molar-refractivity contribution in [1.29, 1.82) is 0 Å². The second kappa shape index (κ2) is 10.9. The van der Waals surface area contributed by atoms with Gasteiger partial charge in [-0.05, 0) is 30.2 Å². The van der Waals surface area contributed by atoms with Crippen molar-refractivity contribution in [2.45, 2.75) is 50.6 Å². The Bertz CT molecular complexity index is 1050. The van der Waals surface area contributed by atoms with E-state index >= 15 is 0 Å². The number of aliphatic hydroxyl groups is 1. The summed E-state index contributed by atoms with van der Waals surface area (Å²) in [6, 6.07) is 15.7. The van der Waals surface area contributed by atoms with Crippen molar-refractivity contribution in [1.82, 2.24) is 0 Å². The zero-order chi connectivity index (χ0) is 24.8. The van der Waals surface area contributed by atoms with E-state index in [1.54, 1.807) is 54.6 Å². The lowest BCUT2D eigenvalue weighted by Crippen LogP contribution is -2.66. The molecule has 1 unspecified atom stereocenters. The minimum Gasteiger partial charge on any atom is -0.459 e. The topological polar surface area (TPSA) is 140 Å². The lowest BCUT2D eigenvalue weighted by molar-refractivity contribution is -0.310. The van der Waals surface area contributed by atoms with Crippen molar-refractivity contribution < 1.29 is 35.0 Å². The van der Waals surface area contributed by atoms with Crippen LogP contribution in [0.25, 0.3) is 10.4 Å². The lowest BCUT2D eigenvalue weighted by Gasteiger charge is -2.48. The van der Waals surface area contributed by atoms with Crippen LogP contribution in [0.2, 0.25) is 0 Å². The summed E-state index contributed by atoms with van der Waals surface area (Å²) in [6.07, 6.45) is -5.38. The smallest absolute Gasteiger partial charge is 0.338 e. The third kappa shape index (κ3) is 5.88. The summed E-state index contributed by atoms with van der Waals surface area (Å²) in [5.74, 6) is -1.42. The van der Waals surface area contributed by atoms with E-state index in [4.69, 9.17) is 20.3 Å². The first-order valence-corrected chi connectivity index (χ1v) is 10.2.